The Bertz CT molecular complexity index is 635. The second-order valence-electron chi connectivity index (χ2n) is 5.05. The summed E-state index contributed by atoms with van der Waals surface area (Å²) >= 11 is 3.46. The maximum absolute atomic E-state index is 12.1. The third kappa shape index (κ3) is 3.02. The van der Waals surface area contributed by atoms with Gasteiger partial charge in [0.2, 0.25) is 0 Å². The first-order chi connectivity index (χ1) is 9.72. The zero-order valence-electron chi connectivity index (χ0n) is 11.1. The van der Waals surface area contributed by atoms with E-state index in [2.05, 4.69) is 27.3 Å². The van der Waals surface area contributed by atoms with Gasteiger partial charge in [0.1, 0.15) is 6.10 Å². The summed E-state index contributed by atoms with van der Waals surface area (Å²) in [5, 5.41) is 5.19. The van der Waals surface area contributed by atoms with E-state index in [1.165, 1.54) is 0 Å². The number of nitrogens with one attached hydrogen (secondary N) is 1. The topological polar surface area (TPSA) is 38.3 Å². The van der Waals surface area contributed by atoms with Crippen LogP contribution in [0.1, 0.15) is 19.3 Å². The molecule has 4 heteroatoms. The minimum Gasteiger partial charge on any atom is -0.368 e. The molecule has 1 unspecified atom stereocenters. The van der Waals surface area contributed by atoms with E-state index < -0.39 is 0 Å². The van der Waals surface area contributed by atoms with Crippen LogP contribution in [0.4, 0.5) is 5.69 Å². The predicted molar refractivity (Wildman–Crippen MR) is 83.9 cm³/mol. The fraction of sp³-hybridized carbons (Fsp3) is 0.312. The lowest BCUT2D eigenvalue weighted by atomic mass is 10.1. The third-order valence-corrected chi connectivity index (χ3v) is 4.04. The number of carbonyl (C=O) groups excluding carboxylic acids is 1. The van der Waals surface area contributed by atoms with Gasteiger partial charge in [-0.2, -0.15) is 0 Å². The summed E-state index contributed by atoms with van der Waals surface area (Å²) < 4.78 is 6.55. The number of hydrogen-bond acceptors (Lipinski definition) is 2. The van der Waals surface area contributed by atoms with Crippen LogP contribution in [0.25, 0.3) is 10.8 Å². The fourth-order valence-electron chi connectivity index (χ4n) is 2.46. The quantitative estimate of drug-likeness (QED) is 0.898. The highest BCUT2D eigenvalue weighted by Crippen LogP contribution is 2.23. The highest BCUT2D eigenvalue weighted by molar-refractivity contribution is 9.10. The monoisotopic (exact) mass is 333 g/mol. The Hall–Kier alpha value is -1.39. The summed E-state index contributed by atoms with van der Waals surface area (Å²) in [5.74, 6) is -0.0406. The normalized spacial score (nSPS) is 18.9. The summed E-state index contributed by atoms with van der Waals surface area (Å²) in [5.41, 5.74) is 0.819. The number of amides is 1. The largest absolute Gasteiger partial charge is 0.368 e. The van der Waals surface area contributed by atoms with E-state index in [0.717, 1.165) is 40.2 Å². The van der Waals surface area contributed by atoms with Crippen LogP contribution < -0.4 is 5.32 Å². The van der Waals surface area contributed by atoms with Gasteiger partial charge in [0, 0.05) is 16.8 Å². The zero-order valence-corrected chi connectivity index (χ0v) is 12.7. The van der Waals surface area contributed by atoms with Crippen LogP contribution >= 0.6 is 15.9 Å². The predicted octanol–water partition coefficient (Wildman–Crippen LogP) is 4.11. The van der Waals surface area contributed by atoms with Crippen molar-refractivity contribution in [3.63, 3.8) is 0 Å². The van der Waals surface area contributed by atoms with Crippen LogP contribution in [0.15, 0.2) is 40.9 Å². The molecule has 0 aromatic heterocycles. The molecule has 3 nitrogen and oxygen atoms in total. The van der Waals surface area contributed by atoms with Gasteiger partial charge in [0.05, 0.1) is 0 Å². The molecule has 2 aromatic rings. The van der Waals surface area contributed by atoms with Crippen LogP contribution in [0.2, 0.25) is 0 Å². The molecule has 20 heavy (non-hydrogen) atoms. The molecule has 1 heterocycles. The standard InChI is InChI=1S/C16H16BrNO2/c17-13-6-4-12-10-14(7-5-11(12)9-13)18-16(19)15-3-1-2-8-20-15/h4-7,9-10,15H,1-3,8H2,(H,18,19). The van der Waals surface area contributed by atoms with Crippen molar-refractivity contribution in [1.29, 1.82) is 0 Å². The number of hydrogen-bond donors (Lipinski definition) is 1. The molecule has 2 aromatic carbocycles. The molecule has 0 bridgehead atoms. The molecule has 1 aliphatic heterocycles. The Kier molecular flexibility index (Phi) is 4.03. The van der Waals surface area contributed by atoms with Crippen LogP contribution in [-0.4, -0.2) is 18.6 Å². The number of benzene rings is 2. The Morgan fingerprint density at radius 2 is 1.95 bits per heavy atom. The number of halogens is 1. The van der Waals surface area contributed by atoms with E-state index in [9.17, 15) is 4.79 Å². The van der Waals surface area contributed by atoms with Gasteiger partial charge in [-0.05, 0) is 54.3 Å². The zero-order chi connectivity index (χ0) is 13.9. The minimum absolute atomic E-state index is 0.0406. The molecule has 0 saturated carbocycles. The Morgan fingerprint density at radius 1 is 1.15 bits per heavy atom. The lowest BCUT2D eigenvalue weighted by Gasteiger charge is -2.21. The van der Waals surface area contributed by atoms with Crippen LogP contribution in [-0.2, 0) is 9.53 Å². The lowest BCUT2D eigenvalue weighted by Crippen LogP contribution is -2.33. The average molecular weight is 334 g/mol. The second-order valence-corrected chi connectivity index (χ2v) is 5.97. The second kappa shape index (κ2) is 5.94. The highest BCUT2D eigenvalue weighted by atomic mass is 79.9. The number of anilines is 1. The van der Waals surface area contributed by atoms with Gasteiger partial charge in [0.15, 0.2) is 0 Å². The van der Waals surface area contributed by atoms with E-state index in [1.54, 1.807) is 0 Å². The molecular formula is C16H16BrNO2. The Balaban J connectivity index is 1.76. The highest BCUT2D eigenvalue weighted by Gasteiger charge is 2.21. The van der Waals surface area contributed by atoms with Gasteiger partial charge in [-0.1, -0.05) is 28.1 Å². The van der Waals surface area contributed by atoms with E-state index in [1.807, 2.05) is 30.3 Å². The summed E-state index contributed by atoms with van der Waals surface area (Å²) in [4.78, 5) is 12.1. The molecule has 0 radical (unpaired) electrons. The van der Waals surface area contributed by atoms with Crippen molar-refractivity contribution in [2.75, 3.05) is 11.9 Å². The van der Waals surface area contributed by atoms with Crippen LogP contribution in [0.3, 0.4) is 0 Å². The van der Waals surface area contributed by atoms with Crippen molar-refractivity contribution in [3.8, 4) is 0 Å². The Labute approximate surface area is 126 Å². The van der Waals surface area contributed by atoms with Gasteiger partial charge in [-0.25, -0.2) is 0 Å². The Morgan fingerprint density at radius 3 is 2.75 bits per heavy atom. The number of ether oxygens (including phenoxy) is 1. The molecule has 1 amide bonds. The van der Waals surface area contributed by atoms with Gasteiger partial charge in [-0.3, -0.25) is 4.79 Å². The summed E-state index contributed by atoms with van der Waals surface area (Å²) in [6.07, 6.45) is 2.62. The molecule has 104 valence electrons. The van der Waals surface area contributed by atoms with Crippen molar-refractivity contribution in [2.24, 2.45) is 0 Å². The lowest BCUT2D eigenvalue weighted by molar-refractivity contribution is -0.129. The summed E-state index contributed by atoms with van der Waals surface area (Å²) in [6, 6.07) is 12.0. The molecular weight excluding hydrogens is 318 g/mol. The van der Waals surface area contributed by atoms with Crippen molar-refractivity contribution in [1.82, 2.24) is 0 Å². The first kappa shape index (κ1) is 13.6. The van der Waals surface area contributed by atoms with Crippen molar-refractivity contribution in [2.45, 2.75) is 25.4 Å². The number of rotatable bonds is 2. The molecule has 1 saturated heterocycles. The fourth-order valence-corrected chi connectivity index (χ4v) is 2.84. The SMILES string of the molecule is O=C(Nc1ccc2cc(Br)ccc2c1)C1CCCCO1. The van der Waals surface area contributed by atoms with Crippen molar-refractivity contribution < 1.29 is 9.53 Å². The summed E-state index contributed by atoms with van der Waals surface area (Å²) in [7, 11) is 0. The minimum atomic E-state index is -0.302. The van der Waals surface area contributed by atoms with E-state index in [4.69, 9.17) is 4.74 Å². The van der Waals surface area contributed by atoms with E-state index in [-0.39, 0.29) is 12.0 Å². The third-order valence-electron chi connectivity index (χ3n) is 3.54. The maximum atomic E-state index is 12.1. The van der Waals surface area contributed by atoms with Crippen molar-refractivity contribution >= 4 is 38.3 Å². The van der Waals surface area contributed by atoms with Crippen molar-refractivity contribution in [3.05, 3.63) is 40.9 Å². The smallest absolute Gasteiger partial charge is 0.253 e. The van der Waals surface area contributed by atoms with E-state index >= 15 is 0 Å². The molecule has 0 spiro atoms. The van der Waals surface area contributed by atoms with Gasteiger partial charge < -0.3 is 10.1 Å². The molecule has 1 atom stereocenters. The maximum Gasteiger partial charge on any atom is 0.253 e. The van der Waals surface area contributed by atoms with Crippen LogP contribution in [0, 0.1) is 0 Å². The average Bonchev–Trinajstić information content (AvgIpc) is 2.48. The molecule has 3 rings (SSSR count). The first-order valence-corrected chi connectivity index (χ1v) is 7.63. The van der Waals surface area contributed by atoms with E-state index in [0.29, 0.717) is 6.61 Å². The number of fused-ring (bicyclic) bond motifs is 1. The van der Waals surface area contributed by atoms with Crippen LogP contribution in [0.5, 0.6) is 0 Å². The van der Waals surface area contributed by atoms with Gasteiger partial charge in [0.25, 0.3) is 5.91 Å². The molecule has 1 aliphatic rings. The van der Waals surface area contributed by atoms with Gasteiger partial charge >= 0.3 is 0 Å². The molecule has 1 fully saturated rings. The van der Waals surface area contributed by atoms with Gasteiger partial charge in [-0.15, -0.1) is 0 Å². The molecule has 1 N–H and O–H groups in total. The first-order valence-electron chi connectivity index (χ1n) is 6.84. The molecule has 0 aliphatic carbocycles. The summed E-state index contributed by atoms with van der Waals surface area (Å²) in [6.45, 7) is 0.684. The number of carbonyl (C=O) groups is 1.